The van der Waals surface area contributed by atoms with E-state index >= 15 is 0 Å². The van der Waals surface area contributed by atoms with E-state index in [4.69, 9.17) is 9.47 Å². The van der Waals surface area contributed by atoms with Crippen LogP contribution in [0.4, 0.5) is 5.13 Å². The Bertz CT molecular complexity index is 349. The molecule has 0 aliphatic carbocycles. The van der Waals surface area contributed by atoms with Crippen LogP contribution in [0.2, 0.25) is 0 Å². The average molecular weight is 270 g/mol. The number of nitrogens with zero attached hydrogens (tertiary/aromatic N) is 2. The van der Waals surface area contributed by atoms with Gasteiger partial charge >= 0.3 is 0 Å². The Balaban J connectivity index is 1.75. The Morgan fingerprint density at radius 2 is 2.17 bits per heavy atom. The van der Waals surface area contributed by atoms with Gasteiger partial charge in [-0.05, 0) is 19.3 Å². The van der Waals surface area contributed by atoms with Gasteiger partial charge in [0.25, 0.3) is 0 Å². The molecule has 1 aliphatic rings. The lowest BCUT2D eigenvalue weighted by atomic mass is 10.1. The van der Waals surface area contributed by atoms with Crippen molar-refractivity contribution in [2.24, 2.45) is 0 Å². The number of aryl methyl sites for hydroxylation is 1. The Kier molecular flexibility index (Phi) is 5.41. The third kappa shape index (κ3) is 3.67. The Labute approximate surface area is 113 Å². The summed E-state index contributed by atoms with van der Waals surface area (Å²) in [5, 5.41) is 3.33. The number of ether oxygens (including phenoxy) is 2. The van der Waals surface area contributed by atoms with E-state index in [2.05, 4.69) is 22.2 Å². The fraction of sp³-hybridized carbons (Fsp3) is 0.769. The minimum atomic E-state index is 0.391. The molecule has 1 aliphatic heterocycles. The Morgan fingerprint density at radius 3 is 2.78 bits per heavy atom. The number of methoxy groups -OCH3 is 1. The van der Waals surface area contributed by atoms with E-state index in [0.29, 0.717) is 19.3 Å². The van der Waals surface area contributed by atoms with Gasteiger partial charge in [0.15, 0.2) is 5.13 Å². The molecule has 1 fully saturated rings. The van der Waals surface area contributed by atoms with Gasteiger partial charge in [0.2, 0.25) is 0 Å². The average Bonchev–Trinajstić information content (AvgIpc) is 2.89. The molecule has 0 radical (unpaired) electrons. The van der Waals surface area contributed by atoms with E-state index in [1.165, 1.54) is 10.8 Å². The Morgan fingerprint density at radius 1 is 1.39 bits per heavy atom. The second-order valence-corrected chi connectivity index (χ2v) is 5.36. The summed E-state index contributed by atoms with van der Waals surface area (Å²) in [5.41, 5.74) is 1.20. The lowest BCUT2D eigenvalue weighted by molar-refractivity contribution is 0.00610. The standard InChI is InChI=1S/C13H22N2O2S/c1-3-11-10-18-13(14-11)15-6-4-12(5-7-15)17-9-8-16-2/h10,12H,3-9H2,1-2H3. The van der Waals surface area contributed by atoms with Crippen molar-refractivity contribution in [1.82, 2.24) is 4.98 Å². The minimum Gasteiger partial charge on any atom is -0.382 e. The van der Waals surface area contributed by atoms with Crippen LogP contribution in [0.5, 0.6) is 0 Å². The predicted octanol–water partition coefficient (Wildman–Crippen LogP) is 2.34. The van der Waals surface area contributed by atoms with E-state index in [0.717, 1.165) is 32.4 Å². The SMILES string of the molecule is CCc1csc(N2CCC(OCCOC)CC2)n1. The van der Waals surface area contributed by atoms with Crippen molar-refractivity contribution in [2.75, 3.05) is 38.3 Å². The highest BCUT2D eigenvalue weighted by Gasteiger charge is 2.21. The molecule has 1 aromatic heterocycles. The zero-order chi connectivity index (χ0) is 12.8. The second kappa shape index (κ2) is 7.07. The van der Waals surface area contributed by atoms with Gasteiger partial charge in [0, 0.05) is 25.6 Å². The molecule has 0 saturated carbocycles. The van der Waals surface area contributed by atoms with Crippen molar-refractivity contribution in [1.29, 1.82) is 0 Å². The van der Waals surface area contributed by atoms with Crippen molar-refractivity contribution in [3.8, 4) is 0 Å². The fourth-order valence-electron chi connectivity index (χ4n) is 2.12. The first kappa shape index (κ1) is 13.8. The summed E-state index contributed by atoms with van der Waals surface area (Å²) in [6.45, 7) is 5.64. The number of aromatic nitrogens is 1. The van der Waals surface area contributed by atoms with Gasteiger partial charge in [-0.25, -0.2) is 4.98 Å². The highest BCUT2D eigenvalue weighted by Crippen LogP contribution is 2.25. The maximum atomic E-state index is 5.77. The number of thiazole rings is 1. The van der Waals surface area contributed by atoms with E-state index < -0.39 is 0 Å². The molecule has 4 nitrogen and oxygen atoms in total. The number of rotatable bonds is 6. The highest BCUT2D eigenvalue weighted by molar-refractivity contribution is 7.13. The molecule has 0 unspecified atom stereocenters. The zero-order valence-electron chi connectivity index (χ0n) is 11.2. The van der Waals surface area contributed by atoms with Crippen molar-refractivity contribution in [3.63, 3.8) is 0 Å². The van der Waals surface area contributed by atoms with Crippen LogP contribution < -0.4 is 4.90 Å². The van der Waals surface area contributed by atoms with Crippen LogP contribution in [0.25, 0.3) is 0 Å². The molecule has 2 heterocycles. The monoisotopic (exact) mass is 270 g/mol. The van der Waals surface area contributed by atoms with Crippen molar-refractivity contribution in [2.45, 2.75) is 32.3 Å². The van der Waals surface area contributed by atoms with E-state index in [-0.39, 0.29) is 0 Å². The maximum absolute atomic E-state index is 5.77. The quantitative estimate of drug-likeness (QED) is 0.743. The molecule has 0 bridgehead atoms. The molecule has 102 valence electrons. The molecule has 0 spiro atoms. The lowest BCUT2D eigenvalue weighted by Crippen LogP contribution is -2.37. The van der Waals surface area contributed by atoms with Crippen LogP contribution in [0, 0.1) is 0 Å². The number of anilines is 1. The third-order valence-corrected chi connectivity index (χ3v) is 4.21. The molecule has 0 amide bonds. The zero-order valence-corrected chi connectivity index (χ0v) is 12.0. The molecular weight excluding hydrogens is 248 g/mol. The molecule has 1 saturated heterocycles. The number of piperidine rings is 1. The topological polar surface area (TPSA) is 34.6 Å². The van der Waals surface area contributed by atoms with Gasteiger partial charge in [-0.15, -0.1) is 11.3 Å². The first-order chi connectivity index (χ1) is 8.83. The van der Waals surface area contributed by atoms with E-state index in [9.17, 15) is 0 Å². The molecule has 2 rings (SSSR count). The fourth-order valence-corrected chi connectivity index (χ4v) is 3.08. The summed E-state index contributed by atoms with van der Waals surface area (Å²) in [5.74, 6) is 0. The molecular formula is C13H22N2O2S. The van der Waals surface area contributed by atoms with Crippen LogP contribution in [-0.4, -0.2) is 44.5 Å². The van der Waals surface area contributed by atoms with Gasteiger partial charge in [-0.3, -0.25) is 0 Å². The molecule has 0 atom stereocenters. The number of hydrogen-bond acceptors (Lipinski definition) is 5. The normalized spacial score (nSPS) is 17.3. The second-order valence-electron chi connectivity index (χ2n) is 4.52. The Hall–Kier alpha value is -0.650. The number of hydrogen-bond donors (Lipinski definition) is 0. The van der Waals surface area contributed by atoms with Crippen LogP contribution in [-0.2, 0) is 15.9 Å². The molecule has 0 aromatic carbocycles. The van der Waals surface area contributed by atoms with Gasteiger partial charge in [-0.1, -0.05) is 6.92 Å². The summed E-state index contributed by atoms with van der Waals surface area (Å²) < 4.78 is 10.8. The van der Waals surface area contributed by atoms with Gasteiger partial charge in [-0.2, -0.15) is 0 Å². The van der Waals surface area contributed by atoms with Gasteiger partial charge in [0.05, 0.1) is 25.0 Å². The first-order valence-corrected chi connectivity index (χ1v) is 7.51. The smallest absolute Gasteiger partial charge is 0.185 e. The highest BCUT2D eigenvalue weighted by atomic mass is 32.1. The van der Waals surface area contributed by atoms with E-state index in [1.807, 2.05) is 0 Å². The summed E-state index contributed by atoms with van der Waals surface area (Å²) in [7, 11) is 1.71. The molecule has 18 heavy (non-hydrogen) atoms. The van der Waals surface area contributed by atoms with Crippen LogP contribution in [0.15, 0.2) is 5.38 Å². The summed E-state index contributed by atoms with van der Waals surface area (Å²) in [6.07, 6.45) is 3.59. The predicted molar refractivity (Wildman–Crippen MR) is 74.6 cm³/mol. The van der Waals surface area contributed by atoms with Crippen LogP contribution >= 0.6 is 11.3 Å². The molecule has 1 aromatic rings. The lowest BCUT2D eigenvalue weighted by Gasteiger charge is -2.31. The third-order valence-electron chi connectivity index (χ3n) is 3.26. The van der Waals surface area contributed by atoms with Gasteiger partial charge < -0.3 is 14.4 Å². The largest absolute Gasteiger partial charge is 0.382 e. The van der Waals surface area contributed by atoms with Crippen LogP contribution in [0.1, 0.15) is 25.5 Å². The summed E-state index contributed by atoms with van der Waals surface area (Å²) >= 11 is 1.76. The van der Waals surface area contributed by atoms with Crippen LogP contribution in [0.3, 0.4) is 0 Å². The first-order valence-electron chi connectivity index (χ1n) is 6.63. The maximum Gasteiger partial charge on any atom is 0.185 e. The summed E-state index contributed by atoms with van der Waals surface area (Å²) in [4.78, 5) is 7.01. The van der Waals surface area contributed by atoms with Crippen molar-refractivity contribution >= 4 is 16.5 Å². The molecule has 0 N–H and O–H groups in total. The molecule has 5 heteroatoms. The van der Waals surface area contributed by atoms with Crippen molar-refractivity contribution in [3.05, 3.63) is 11.1 Å². The van der Waals surface area contributed by atoms with Crippen molar-refractivity contribution < 1.29 is 9.47 Å². The summed E-state index contributed by atoms with van der Waals surface area (Å²) in [6, 6.07) is 0. The van der Waals surface area contributed by atoms with Gasteiger partial charge in [0.1, 0.15) is 0 Å². The minimum absolute atomic E-state index is 0.391. The van der Waals surface area contributed by atoms with E-state index in [1.54, 1.807) is 18.4 Å².